The highest BCUT2D eigenvalue weighted by molar-refractivity contribution is 5.67. The van der Waals surface area contributed by atoms with Gasteiger partial charge in [-0.25, -0.2) is 4.79 Å². The summed E-state index contributed by atoms with van der Waals surface area (Å²) in [6, 6.07) is -0.278. The van der Waals surface area contributed by atoms with Crippen LogP contribution in [0.2, 0.25) is 0 Å². The molecule has 1 aliphatic heterocycles. The molecule has 1 amide bonds. The van der Waals surface area contributed by atoms with Gasteiger partial charge in [-0.15, -0.1) is 0 Å². The van der Waals surface area contributed by atoms with E-state index in [2.05, 4.69) is 0 Å². The van der Waals surface area contributed by atoms with Gasteiger partial charge in [-0.3, -0.25) is 4.90 Å². The van der Waals surface area contributed by atoms with Gasteiger partial charge in [0.2, 0.25) is 0 Å². The minimum absolute atomic E-state index is 0.278. The van der Waals surface area contributed by atoms with E-state index in [-0.39, 0.29) is 11.5 Å². The van der Waals surface area contributed by atoms with Gasteiger partial charge in [0, 0.05) is 0 Å². The van der Waals surface area contributed by atoms with Crippen LogP contribution in [0.4, 0.5) is 4.79 Å². The van der Waals surface area contributed by atoms with Gasteiger partial charge in [0.15, 0.2) is 0 Å². The first-order valence-electron chi connectivity index (χ1n) is 8.92. The van der Waals surface area contributed by atoms with E-state index < -0.39 is 24.0 Å². The first-order chi connectivity index (χ1) is 10.5. The van der Waals surface area contributed by atoms with Crippen LogP contribution < -0.4 is 0 Å². The second-order valence-corrected chi connectivity index (χ2v) is 8.80. The van der Waals surface area contributed by atoms with Crippen LogP contribution in [0.3, 0.4) is 0 Å². The summed E-state index contributed by atoms with van der Waals surface area (Å²) < 4.78 is 6.06. The highest BCUT2D eigenvalue weighted by Crippen LogP contribution is 2.42. The van der Waals surface area contributed by atoms with E-state index >= 15 is 0 Å². The van der Waals surface area contributed by atoms with E-state index in [9.17, 15) is 15.0 Å². The zero-order valence-corrected chi connectivity index (χ0v) is 15.2. The van der Waals surface area contributed by atoms with Crippen LogP contribution in [0, 0.1) is 11.3 Å². The van der Waals surface area contributed by atoms with Crippen molar-refractivity contribution in [3.8, 4) is 0 Å². The summed E-state index contributed by atoms with van der Waals surface area (Å²) in [6.45, 7) is 9.47. The summed E-state index contributed by atoms with van der Waals surface area (Å²) in [4.78, 5) is 13.3. The average Bonchev–Trinajstić information content (AvgIpc) is 2.69. The molecule has 134 valence electrons. The number of carboxylic acid groups (broad SMARTS) is 1. The van der Waals surface area contributed by atoms with Crippen LogP contribution in [0.15, 0.2) is 0 Å². The third-order valence-corrected chi connectivity index (χ3v) is 5.42. The van der Waals surface area contributed by atoms with Gasteiger partial charge < -0.3 is 14.9 Å². The van der Waals surface area contributed by atoms with E-state index in [1.807, 2.05) is 20.8 Å². The third-order valence-electron chi connectivity index (χ3n) is 5.42. The van der Waals surface area contributed by atoms with Crippen molar-refractivity contribution in [1.82, 2.24) is 4.90 Å². The van der Waals surface area contributed by atoms with Gasteiger partial charge in [0.1, 0.15) is 11.8 Å². The molecule has 2 fully saturated rings. The van der Waals surface area contributed by atoms with Crippen LogP contribution in [-0.4, -0.2) is 45.2 Å². The van der Waals surface area contributed by atoms with Crippen molar-refractivity contribution in [1.29, 1.82) is 0 Å². The molecule has 0 spiro atoms. The summed E-state index contributed by atoms with van der Waals surface area (Å²) in [5.41, 5.74) is -1.25. The minimum Gasteiger partial charge on any atom is -0.465 e. The molecule has 5 nitrogen and oxygen atoms in total. The average molecular weight is 327 g/mol. The number of carbonyl (C=O) groups is 1. The Labute approximate surface area is 140 Å². The van der Waals surface area contributed by atoms with E-state index in [0.29, 0.717) is 5.92 Å². The highest BCUT2D eigenvalue weighted by Gasteiger charge is 2.54. The van der Waals surface area contributed by atoms with Gasteiger partial charge >= 0.3 is 6.09 Å². The smallest absolute Gasteiger partial charge is 0.409 e. The predicted octanol–water partition coefficient (Wildman–Crippen LogP) is 3.85. The van der Waals surface area contributed by atoms with Gasteiger partial charge in [0.25, 0.3) is 0 Å². The highest BCUT2D eigenvalue weighted by atomic mass is 16.6. The summed E-state index contributed by atoms with van der Waals surface area (Å²) in [5, 5.41) is 20.5. The lowest BCUT2D eigenvalue weighted by Gasteiger charge is -2.36. The predicted molar refractivity (Wildman–Crippen MR) is 89.3 cm³/mol. The second-order valence-electron chi connectivity index (χ2n) is 8.80. The molecular formula is C18H33NO4. The standard InChI is InChI=1S/C18H33NO4/c1-17(2,3)15(20)14-13(11-12-9-7-6-8-10-12)19(16(21)22)18(4,5)23-14/h12-15,20H,6-11H2,1-5H3,(H,21,22)/t13-,14+,15-/m0/s1. The Hall–Kier alpha value is -0.810. The molecule has 0 aromatic heterocycles. The van der Waals surface area contributed by atoms with Gasteiger partial charge in [0.05, 0.1) is 12.1 Å². The fourth-order valence-electron chi connectivity index (χ4n) is 4.16. The summed E-state index contributed by atoms with van der Waals surface area (Å²) in [6.07, 6.45) is 4.70. The topological polar surface area (TPSA) is 70.0 Å². The molecule has 0 unspecified atom stereocenters. The van der Waals surface area contributed by atoms with Crippen LogP contribution in [0.5, 0.6) is 0 Å². The largest absolute Gasteiger partial charge is 0.465 e. The second kappa shape index (κ2) is 6.60. The van der Waals surface area contributed by atoms with Crippen LogP contribution in [0.1, 0.15) is 73.1 Å². The van der Waals surface area contributed by atoms with Gasteiger partial charge in [-0.05, 0) is 31.6 Å². The molecular weight excluding hydrogens is 294 g/mol. The van der Waals surface area contributed by atoms with E-state index in [1.54, 1.807) is 13.8 Å². The molecule has 23 heavy (non-hydrogen) atoms. The number of hydrogen-bond donors (Lipinski definition) is 2. The molecule has 5 heteroatoms. The molecule has 2 aliphatic rings. The van der Waals surface area contributed by atoms with Crippen LogP contribution in [0.25, 0.3) is 0 Å². The lowest BCUT2D eigenvalue weighted by Crippen LogP contribution is -2.50. The molecule has 0 radical (unpaired) electrons. The maximum absolute atomic E-state index is 11.9. The molecule has 3 atom stereocenters. The van der Waals surface area contributed by atoms with Crippen LogP contribution >= 0.6 is 0 Å². The van der Waals surface area contributed by atoms with E-state index in [1.165, 1.54) is 24.2 Å². The Balaban J connectivity index is 2.25. The number of amides is 1. The number of hydrogen-bond acceptors (Lipinski definition) is 3. The lowest BCUT2D eigenvalue weighted by molar-refractivity contribution is -0.120. The monoisotopic (exact) mass is 327 g/mol. The Bertz CT molecular complexity index is 423. The zero-order chi connectivity index (χ0) is 17.4. The molecule has 0 aromatic carbocycles. The van der Waals surface area contributed by atoms with Crippen molar-refractivity contribution in [3.63, 3.8) is 0 Å². The molecule has 1 aliphatic carbocycles. The first-order valence-corrected chi connectivity index (χ1v) is 8.92. The zero-order valence-electron chi connectivity index (χ0n) is 15.2. The van der Waals surface area contributed by atoms with Crippen molar-refractivity contribution in [2.45, 2.75) is 97.1 Å². The number of ether oxygens (including phenoxy) is 1. The third kappa shape index (κ3) is 4.00. The fraction of sp³-hybridized carbons (Fsp3) is 0.944. The Morgan fingerprint density at radius 3 is 2.30 bits per heavy atom. The van der Waals surface area contributed by atoms with Crippen molar-refractivity contribution in [2.75, 3.05) is 0 Å². The van der Waals surface area contributed by atoms with Gasteiger partial charge in [-0.1, -0.05) is 52.9 Å². The SMILES string of the molecule is CC(C)(C)[C@@H](O)[C@@H]1OC(C)(C)N(C(=O)O)[C@H]1CC1CCCCC1. The summed E-state index contributed by atoms with van der Waals surface area (Å²) >= 11 is 0. The molecule has 2 rings (SSSR count). The molecule has 0 bridgehead atoms. The number of aliphatic hydroxyl groups excluding tert-OH is 1. The normalized spacial score (nSPS) is 30.4. The fourth-order valence-corrected chi connectivity index (χ4v) is 4.16. The lowest BCUT2D eigenvalue weighted by atomic mass is 9.79. The van der Waals surface area contributed by atoms with Crippen molar-refractivity contribution >= 4 is 6.09 Å². The Morgan fingerprint density at radius 2 is 1.83 bits per heavy atom. The molecule has 2 N–H and O–H groups in total. The van der Waals surface area contributed by atoms with Gasteiger partial charge in [-0.2, -0.15) is 0 Å². The molecule has 1 saturated heterocycles. The van der Waals surface area contributed by atoms with Crippen molar-refractivity contribution < 1.29 is 19.7 Å². The van der Waals surface area contributed by atoms with E-state index in [4.69, 9.17) is 4.74 Å². The maximum atomic E-state index is 11.9. The molecule has 1 heterocycles. The number of aliphatic hydroxyl groups is 1. The maximum Gasteiger partial charge on any atom is 0.409 e. The summed E-state index contributed by atoms with van der Waals surface area (Å²) in [7, 11) is 0. The summed E-state index contributed by atoms with van der Waals surface area (Å²) in [5.74, 6) is 0.530. The number of rotatable bonds is 3. The Morgan fingerprint density at radius 1 is 1.26 bits per heavy atom. The van der Waals surface area contributed by atoms with Crippen LogP contribution in [-0.2, 0) is 4.74 Å². The van der Waals surface area contributed by atoms with E-state index in [0.717, 1.165) is 19.3 Å². The quantitative estimate of drug-likeness (QED) is 0.826. The molecule has 1 saturated carbocycles. The van der Waals surface area contributed by atoms with Crippen molar-refractivity contribution in [2.24, 2.45) is 11.3 Å². The first kappa shape index (κ1) is 18.5. The molecule has 0 aromatic rings. The Kier molecular flexibility index (Phi) is 5.31. The van der Waals surface area contributed by atoms with Crippen molar-refractivity contribution in [3.05, 3.63) is 0 Å². The number of nitrogens with zero attached hydrogens (tertiary/aromatic N) is 1. The minimum atomic E-state index is -0.959.